The van der Waals surface area contributed by atoms with E-state index >= 15 is 4.39 Å². The monoisotopic (exact) mass is 572 g/mol. The molecule has 0 spiro atoms. The van der Waals surface area contributed by atoms with Crippen molar-refractivity contribution in [3.63, 3.8) is 0 Å². The second-order valence-electron chi connectivity index (χ2n) is 9.87. The Hall–Kier alpha value is -4.58. The zero-order valence-electron chi connectivity index (χ0n) is 22.9. The van der Waals surface area contributed by atoms with Crippen LogP contribution < -0.4 is 15.0 Å². The summed E-state index contributed by atoms with van der Waals surface area (Å²) in [6.45, 7) is -0.175. The van der Waals surface area contributed by atoms with E-state index < -0.39 is 35.8 Å². The SMILES string of the molecule is COc1ccc(C(OCC2OC(n3cnc4c(=O)[nH]cnc43)C(F)C2O)(c2ccccc2)c2ccc(OC)cc2)cc1. The van der Waals surface area contributed by atoms with Crippen molar-refractivity contribution in [3.8, 4) is 11.5 Å². The standard InChI is InChI=1S/C31H29FN4O6/c1-39-22-12-8-20(9-13-22)31(19-6-4-3-5-7-19,21-10-14-23(40-2)15-11-21)41-16-24-27(37)25(32)30(42-24)36-18-35-26-28(36)33-17-34-29(26)38/h3-15,17-18,24-25,27,30,37H,16H2,1-2H3,(H,33,34,38). The number of halogens is 1. The molecule has 1 fully saturated rings. The average molecular weight is 573 g/mol. The number of imidazole rings is 1. The third-order valence-electron chi connectivity index (χ3n) is 7.57. The molecule has 0 aliphatic carbocycles. The largest absolute Gasteiger partial charge is 0.497 e. The molecule has 42 heavy (non-hydrogen) atoms. The first kappa shape index (κ1) is 27.6. The Balaban J connectivity index is 1.39. The molecule has 3 heterocycles. The van der Waals surface area contributed by atoms with Crippen LogP contribution in [0.3, 0.4) is 0 Å². The number of methoxy groups -OCH3 is 2. The van der Waals surface area contributed by atoms with Gasteiger partial charge in [0.2, 0.25) is 0 Å². The number of alkyl halides is 1. The number of hydrogen-bond donors (Lipinski definition) is 2. The van der Waals surface area contributed by atoms with Gasteiger partial charge in [0.25, 0.3) is 5.56 Å². The van der Waals surface area contributed by atoms with Crippen molar-refractivity contribution < 1.29 is 28.4 Å². The van der Waals surface area contributed by atoms with Gasteiger partial charge in [-0.05, 0) is 41.0 Å². The zero-order chi connectivity index (χ0) is 29.3. The van der Waals surface area contributed by atoms with Gasteiger partial charge in [-0.15, -0.1) is 0 Å². The molecule has 6 rings (SSSR count). The maximum absolute atomic E-state index is 15.6. The summed E-state index contributed by atoms with van der Waals surface area (Å²) in [5.74, 6) is 1.35. The molecule has 2 aromatic heterocycles. The molecule has 11 heteroatoms. The number of aromatic amines is 1. The summed E-state index contributed by atoms with van der Waals surface area (Å²) in [4.78, 5) is 22.8. The first-order chi connectivity index (χ1) is 20.5. The highest BCUT2D eigenvalue weighted by molar-refractivity contribution is 5.68. The van der Waals surface area contributed by atoms with Crippen LogP contribution in [0, 0.1) is 0 Å². The molecule has 10 nitrogen and oxygen atoms in total. The lowest BCUT2D eigenvalue weighted by atomic mass is 9.80. The van der Waals surface area contributed by atoms with Gasteiger partial charge in [-0.3, -0.25) is 9.36 Å². The first-order valence-electron chi connectivity index (χ1n) is 13.3. The highest BCUT2D eigenvalue weighted by atomic mass is 19.1. The lowest BCUT2D eigenvalue weighted by molar-refractivity contribution is -0.0935. The van der Waals surface area contributed by atoms with Crippen molar-refractivity contribution in [2.75, 3.05) is 20.8 Å². The fourth-order valence-corrected chi connectivity index (χ4v) is 5.40. The summed E-state index contributed by atoms with van der Waals surface area (Å²) in [6.07, 6.45) is -3.17. The second kappa shape index (κ2) is 11.4. The fraction of sp³-hybridized carbons (Fsp3) is 0.258. The lowest BCUT2D eigenvalue weighted by Gasteiger charge is -2.37. The summed E-state index contributed by atoms with van der Waals surface area (Å²) in [5.41, 5.74) is 0.932. The molecule has 1 aliphatic heterocycles. The minimum Gasteiger partial charge on any atom is -0.497 e. The Bertz CT molecular complexity index is 1660. The van der Waals surface area contributed by atoms with Gasteiger partial charge < -0.3 is 29.0 Å². The molecule has 5 aromatic rings. The van der Waals surface area contributed by atoms with Crippen LogP contribution in [-0.4, -0.2) is 63.8 Å². The van der Waals surface area contributed by atoms with Crippen LogP contribution in [0.15, 0.2) is 96.3 Å². The summed E-state index contributed by atoms with van der Waals surface area (Å²) in [6, 6.07) is 24.6. The minimum absolute atomic E-state index is 0.0459. The highest BCUT2D eigenvalue weighted by Crippen LogP contribution is 2.43. The molecule has 0 amide bonds. The van der Waals surface area contributed by atoms with Gasteiger partial charge in [0.1, 0.15) is 29.3 Å². The Morgan fingerprint density at radius 2 is 1.52 bits per heavy atom. The van der Waals surface area contributed by atoms with E-state index in [9.17, 15) is 9.90 Å². The number of benzene rings is 3. The predicted molar refractivity (Wildman–Crippen MR) is 151 cm³/mol. The predicted octanol–water partition coefficient (Wildman–Crippen LogP) is 3.74. The summed E-state index contributed by atoms with van der Waals surface area (Å²) in [7, 11) is 3.19. The van der Waals surface area contributed by atoms with E-state index in [0.717, 1.165) is 16.7 Å². The number of aliphatic hydroxyl groups is 1. The molecule has 216 valence electrons. The Morgan fingerprint density at radius 1 is 0.929 bits per heavy atom. The second-order valence-corrected chi connectivity index (χ2v) is 9.87. The lowest BCUT2D eigenvalue weighted by Crippen LogP contribution is -2.39. The Labute approximate surface area is 240 Å². The van der Waals surface area contributed by atoms with E-state index in [1.807, 2.05) is 78.9 Å². The zero-order valence-corrected chi connectivity index (χ0v) is 22.9. The molecule has 0 radical (unpaired) electrons. The van der Waals surface area contributed by atoms with Crippen LogP contribution in [0.5, 0.6) is 11.5 Å². The smallest absolute Gasteiger partial charge is 0.278 e. The van der Waals surface area contributed by atoms with Crippen molar-refractivity contribution in [1.82, 2.24) is 19.5 Å². The van der Waals surface area contributed by atoms with Crippen molar-refractivity contribution >= 4 is 11.2 Å². The van der Waals surface area contributed by atoms with Crippen molar-refractivity contribution in [3.05, 3.63) is 119 Å². The van der Waals surface area contributed by atoms with E-state index in [4.69, 9.17) is 18.9 Å². The van der Waals surface area contributed by atoms with Gasteiger partial charge in [0.05, 0.1) is 33.5 Å². The minimum atomic E-state index is -1.83. The molecule has 4 atom stereocenters. The number of fused-ring (bicyclic) bond motifs is 1. The van der Waals surface area contributed by atoms with Gasteiger partial charge in [-0.25, -0.2) is 14.4 Å². The topological polar surface area (TPSA) is 121 Å². The quantitative estimate of drug-likeness (QED) is 0.256. The van der Waals surface area contributed by atoms with Gasteiger partial charge in [-0.1, -0.05) is 54.6 Å². The Kier molecular flexibility index (Phi) is 7.46. The number of nitrogens with zero attached hydrogens (tertiary/aromatic N) is 3. The number of hydrogen-bond acceptors (Lipinski definition) is 8. The van der Waals surface area contributed by atoms with Gasteiger partial charge in [-0.2, -0.15) is 0 Å². The number of nitrogens with one attached hydrogen (secondary N) is 1. The molecule has 1 saturated heterocycles. The third kappa shape index (κ3) is 4.71. The molecule has 1 aliphatic rings. The van der Waals surface area contributed by atoms with Crippen LogP contribution >= 0.6 is 0 Å². The molecular weight excluding hydrogens is 543 g/mol. The van der Waals surface area contributed by atoms with Crippen molar-refractivity contribution in [1.29, 1.82) is 0 Å². The van der Waals surface area contributed by atoms with Crippen LogP contribution in [0.2, 0.25) is 0 Å². The normalized spacial score (nSPS) is 20.6. The van der Waals surface area contributed by atoms with Crippen LogP contribution in [0.1, 0.15) is 22.9 Å². The average Bonchev–Trinajstić information content (AvgIpc) is 3.59. The van der Waals surface area contributed by atoms with E-state index in [-0.39, 0.29) is 17.8 Å². The number of H-pyrrole nitrogens is 1. The van der Waals surface area contributed by atoms with E-state index in [0.29, 0.717) is 11.5 Å². The summed E-state index contributed by atoms with van der Waals surface area (Å²) < 4.78 is 40.5. The molecular formula is C31H29FN4O6. The summed E-state index contributed by atoms with van der Waals surface area (Å²) in [5, 5.41) is 11.0. The molecule has 2 N–H and O–H groups in total. The molecule has 3 aromatic carbocycles. The van der Waals surface area contributed by atoms with Crippen LogP contribution in [-0.2, 0) is 15.1 Å². The first-order valence-corrected chi connectivity index (χ1v) is 13.3. The number of aromatic nitrogens is 4. The number of ether oxygens (including phenoxy) is 4. The molecule has 0 saturated carbocycles. The third-order valence-corrected chi connectivity index (χ3v) is 7.57. The van der Waals surface area contributed by atoms with E-state index in [1.165, 1.54) is 17.2 Å². The van der Waals surface area contributed by atoms with Crippen LogP contribution in [0.25, 0.3) is 11.2 Å². The van der Waals surface area contributed by atoms with E-state index in [2.05, 4.69) is 15.0 Å². The van der Waals surface area contributed by atoms with Crippen molar-refractivity contribution in [2.24, 2.45) is 0 Å². The fourth-order valence-electron chi connectivity index (χ4n) is 5.40. The number of rotatable bonds is 9. The van der Waals surface area contributed by atoms with Crippen molar-refractivity contribution in [2.45, 2.75) is 30.2 Å². The summed E-state index contributed by atoms with van der Waals surface area (Å²) >= 11 is 0. The maximum atomic E-state index is 15.6. The molecule has 0 bridgehead atoms. The van der Waals surface area contributed by atoms with Gasteiger partial charge in [0, 0.05) is 0 Å². The van der Waals surface area contributed by atoms with Gasteiger partial charge in [0.15, 0.2) is 23.6 Å². The number of aliphatic hydroxyl groups excluding tert-OH is 1. The van der Waals surface area contributed by atoms with E-state index in [1.54, 1.807) is 14.2 Å². The highest BCUT2D eigenvalue weighted by Gasteiger charge is 2.48. The van der Waals surface area contributed by atoms with Gasteiger partial charge >= 0.3 is 0 Å². The van der Waals surface area contributed by atoms with Crippen LogP contribution in [0.4, 0.5) is 4.39 Å². The Morgan fingerprint density at radius 3 is 2.12 bits per heavy atom. The molecule has 4 unspecified atom stereocenters. The maximum Gasteiger partial charge on any atom is 0.278 e.